The third-order valence-corrected chi connectivity index (χ3v) is 11.7. The topological polar surface area (TPSA) is 49.9 Å². The van der Waals surface area contributed by atoms with Crippen molar-refractivity contribution in [3.05, 3.63) is 193 Å². The Morgan fingerprint density at radius 2 is 1.15 bits per heavy atom. The maximum atomic E-state index is 6.32. The van der Waals surface area contributed by atoms with Gasteiger partial charge in [0.1, 0.15) is 23.2 Å². The zero-order chi connectivity index (χ0) is 35.6. The molecule has 0 amide bonds. The first-order valence-corrected chi connectivity index (χ1v) is 19.0. The van der Waals surface area contributed by atoms with Crippen LogP contribution in [0.1, 0.15) is 22.9 Å². The number of fused-ring (bicyclic) bond motifs is 7. The van der Waals surface area contributed by atoms with Crippen molar-refractivity contribution in [2.75, 3.05) is 0 Å². The number of thiophene rings is 1. The molecule has 1 aliphatic rings. The Kier molecular flexibility index (Phi) is 7.07. The molecule has 4 nitrogen and oxygen atoms in total. The second-order valence-electron chi connectivity index (χ2n) is 13.7. The van der Waals surface area contributed by atoms with Crippen LogP contribution in [0.3, 0.4) is 0 Å². The SMILES string of the molecule is c1ccc(-c2ccc(C3N=C(c4ccccc4-c4cccc5oc6ccccc6c45)N=C(c4ccc5sc6ccccc6c5c4)N3)c3ccccc23)cc1. The van der Waals surface area contributed by atoms with E-state index in [0.717, 1.165) is 61.0 Å². The van der Waals surface area contributed by atoms with E-state index in [9.17, 15) is 0 Å². The Balaban J connectivity index is 1.13. The second-order valence-corrected chi connectivity index (χ2v) is 14.8. The zero-order valence-electron chi connectivity index (χ0n) is 29.0. The molecule has 0 spiro atoms. The number of para-hydroxylation sites is 1. The van der Waals surface area contributed by atoms with Gasteiger partial charge in [0.25, 0.3) is 0 Å². The van der Waals surface area contributed by atoms with Crippen LogP contribution in [0.2, 0.25) is 0 Å². The van der Waals surface area contributed by atoms with Crippen molar-refractivity contribution < 1.29 is 4.42 Å². The molecule has 3 heterocycles. The fourth-order valence-corrected chi connectivity index (χ4v) is 9.18. The molecule has 0 radical (unpaired) electrons. The van der Waals surface area contributed by atoms with Gasteiger partial charge in [-0.1, -0.05) is 140 Å². The molecule has 1 atom stereocenters. The number of nitrogens with one attached hydrogen (secondary N) is 1. The molecule has 11 rings (SSSR count). The lowest BCUT2D eigenvalue weighted by molar-refractivity contribution is 0.669. The molecule has 2 aromatic heterocycles. The van der Waals surface area contributed by atoms with Gasteiger partial charge in [0.15, 0.2) is 5.84 Å². The molecule has 1 unspecified atom stereocenters. The summed E-state index contributed by atoms with van der Waals surface area (Å²) in [6.45, 7) is 0. The van der Waals surface area contributed by atoms with Gasteiger partial charge in [0.2, 0.25) is 0 Å². The number of hydrogen-bond donors (Lipinski definition) is 1. The molecule has 0 aliphatic carbocycles. The Hall–Kier alpha value is -6.82. The van der Waals surface area contributed by atoms with Gasteiger partial charge in [-0.15, -0.1) is 11.3 Å². The average Bonchev–Trinajstić information content (AvgIpc) is 3.82. The van der Waals surface area contributed by atoms with Crippen LogP contribution in [-0.4, -0.2) is 11.7 Å². The number of benzene rings is 8. The number of amidine groups is 2. The Labute approximate surface area is 315 Å². The van der Waals surface area contributed by atoms with E-state index in [1.165, 1.54) is 36.7 Å². The molecule has 5 heteroatoms. The molecule has 254 valence electrons. The van der Waals surface area contributed by atoms with E-state index in [-0.39, 0.29) is 0 Å². The molecular weight excluding hydrogens is 679 g/mol. The zero-order valence-corrected chi connectivity index (χ0v) is 29.8. The van der Waals surface area contributed by atoms with Crippen molar-refractivity contribution in [3.63, 3.8) is 0 Å². The summed E-state index contributed by atoms with van der Waals surface area (Å²) in [4.78, 5) is 10.8. The third-order valence-electron chi connectivity index (χ3n) is 10.6. The monoisotopic (exact) mass is 709 g/mol. The van der Waals surface area contributed by atoms with Crippen LogP contribution < -0.4 is 5.32 Å². The lowest BCUT2D eigenvalue weighted by Gasteiger charge is -2.26. The predicted molar refractivity (Wildman–Crippen MR) is 227 cm³/mol. The van der Waals surface area contributed by atoms with E-state index < -0.39 is 6.17 Å². The van der Waals surface area contributed by atoms with E-state index in [2.05, 4.69) is 163 Å². The Bertz CT molecular complexity index is 3150. The molecule has 0 saturated heterocycles. The summed E-state index contributed by atoms with van der Waals surface area (Å²) < 4.78 is 8.86. The summed E-state index contributed by atoms with van der Waals surface area (Å²) in [6, 6.07) is 62.1. The molecule has 0 saturated carbocycles. The second kappa shape index (κ2) is 12.4. The van der Waals surface area contributed by atoms with Gasteiger partial charge >= 0.3 is 0 Å². The Morgan fingerprint density at radius 1 is 0.463 bits per heavy atom. The van der Waals surface area contributed by atoms with Crippen molar-refractivity contribution in [1.82, 2.24) is 5.32 Å². The highest BCUT2D eigenvalue weighted by Gasteiger charge is 2.26. The van der Waals surface area contributed by atoms with Crippen molar-refractivity contribution >= 4 is 75.9 Å². The van der Waals surface area contributed by atoms with Crippen molar-refractivity contribution in [2.45, 2.75) is 6.17 Å². The number of rotatable bonds is 5. The number of aliphatic imine (C=N–C) groups is 2. The molecule has 0 fully saturated rings. The van der Waals surface area contributed by atoms with Crippen molar-refractivity contribution in [1.29, 1.82) is 0 Å². The maximum absolute atomic E-state index is 6.32. The van der Waals surface area contributed by atoms with Gasteiger partial charge in [-0.2, -0.15) is 0 Å². The fraction of sp³-hybridized carbons (Fsp3) is 0.0204. The summed E-state index contributed by atoms with van der Waals surface area (Å²) in [6.07, 6.45) is -0.393. The molecule has 8 aromatic carbocycles. The maximum Gasteiger partial charge on any atom is 0.160 e. The number of hydrogen-bond acceptors (Lipinski definition) is 5. The number of furan rings is 1. The molecule has 1 N–H and O–H groups in total. The predicted octanol–water partition coefficient (Wildman–Crippen LogP) is 12.9. The van der Waals surface area contributed by atoms with Crippen molar-refractivity contribution in [2.24, 2.45) is 9.98 Å². The summed E-state index contributed by atoms with van der Waals surface area (Å²) in [5.41, 5.74) is 9.35. The fourth-order valence-electron chi connectivity index (χ4n) is 8.09. The van der Waals surface area contributed by atoms with E-state index in [4.69, 9.17) is 14.4 Å². The van der Waals surface area contributed by atoms with E-state index in [0.29, 0.717) is 5.84 Å². The van der Waals surface area contributed by atoms with Crippen LogP contribution in [0.5, 0.6) is 0 Å². The molecule has 10 aromatic rings. The van der Waals surface area contributed by atoms with Gasteiger partial charge in [-0.3, -0.25) is 0 Å². The van der Waals surface area contributed by atoms with Crippen LogP contribution in [-0.2, 0) is 0 Å². The first-order valence-electron chi connectivity index (χ1n) is 18.2. The molecule has 1 aliphatic heterocycles. The lowest BCUT2D eigenvalue weighted by Crippen LogP contribution is -2.33. The highest BCUT2D eigenvalue weighted by Crippen LogP contribution is 2.40. The van der Waals surface area contributed by atoms with E-state index in [1.807, 2.05) is 29.5 Å². The van der Waals surface area contributed by atoms with Gasteiger partial charge in [0.05, 0.1) is 0 Å². The molecular formula is C49H31N3OS. The first-order chi connectivity index (χ1) is 26.8. The molecule has 0 bridgehead atoms. The summed E-state index contributed by atoms with van der Waals surface area (Å²) in [5.74, 6) is 1.47. The van der Waals surface area contributed by atoms with Crippen LogP contribution in [0, 0.1) is 0 Å². The van der Waals surface area contributed by atoms with E-state index >= 15 is 0 Å². The molecule has 54 heavy (non-hydrogen) atoms. The van der Waals surface area contributed by atoms with Crippen LogP contribution in [0.25, 0.3) is 75.1 Å². The summed E-state index contributed by atoms with van der Waals surface area (Å²) in [7, 11) is 0. The highest BCUT2D eigenvalue weighted by atomic mass is 32.1. The third kappa shape index (κ3) is 4.97. The van der Waals surface area contributed by atoms with Crippen LogP contribution >= 0.6 is 11.3 Å². The summed E-state index contributed by atoms with van der Waals surface area (Å²) in [5, 5.41) is 10.8. The van der Waals surface area contributed by atoms with Crippen molar-refractivity contribution in [3.8, 4) is 22.3 Å². The van der Waals surface area contributed by atoms with Gasteiger partial charge < -0.3 is 9.73 Å². The minimum absolute atomic E-state index is 0.393. The first kappa shape index (κ1) is 30.8. The number of nitrogens with zero attached hydrogens (tertiary/aromatic N) is 2. The van der Waals surface area contributed by atoms with Gasteiger partial charge in [0, 0.05) is 47.6 Å². The smallest absolute Gasteiger partial charge is 0.160 e. The van der Waals surface area contributed by atoms with E-state index in [1.54, 1.807) is 0 Å². The van der Waals surface area contributed by atoms with Gasteiger partial charge in [-0.25, -0.2) is 9.98 Å². The van der Waals surface area contributed by atoms with Gasteiger partial charge in [-0.05, 0) is 69.4 Å². The lowest BCUT2D eigenvalue weighted by atomic mass is 9.93. The minimum Gasteiger partial charge on any atom is -0.456 e. The minimum atomic E-state index is -0.393. The quantitative estimate of drug-likeness (QED) is 0.193. The summed E-state index contributed by atoms with van der Waals surface area (Å²) >= 11 is 1.82. The Morgan fingerprint density at radius 3 is 2.04 bits per heavy atom. The van der Waals surface area contributed by atoms with Crippen LogP contribution in [0.4, 0.5) is 0 Å². The average molecular weight is 710 g/mol. The largest absolute Gasteiger partial charge is 0.456 e. The highest BCUT2D eigenvalue weighted by molar-refractivity contribution is 7.25. The standard InChI is InChI=1S/C49H31N3OS/c1-2-13-30(14-3-1)32-26-27-39(34-16-5-4-15-33(32)34)49-51-47(31-25-28-45-41(29-31)36-18-9-11-24-44(36)54-45)50-48(52-49)38-19-7-6-17-35(38)37-21-12-23-43-46(37)40-20-8-10-22-42(40)53-43/h1-29,49H,(H,50,51,52). The normalized spacial score (nSPS) is 14.5. The van der Waals surface area contributed by atoms with Crippen LogP contribution in [0.15, 0.2) is 190 Å².